The van der Waals surface area contributed by atoms with Crippen molar-refractivity contribution in [3.63, 3.8) is 0 Å². The second kappa shape index (κ2) is 5.26. The van der Waals surface area contributed by atoms with E-state index in [2.05, 4.69) is 19.9 Å². The summed E-state index contributed by atoms with van der Waals surface area (Å²) in [6.45, 7) is 0.135. The molecule has 0 fully saturated rings. The zero-order valence-corrected chi connectivity index (χ0v) is 10.9. The molecule has 102 valence electrons. The van der Waals surface area contributed by atoms with Gasteiger partial charge >= 0.3 is 0 Å². The van der Waals surface area contributed by atoms with Gasteiger partial charge in [0, 0.05) is 35.6 Å². The minimum atomic E-state index is 0.135. The van der Waals surface area contributed by atoms with E-state index in [0.717, 1.165) is 28.0 Å². The number of H-pyrrole nitrogens is 1. The third-order valence-electron chi connectivity index (χ3n) is 3.11. The predicted molar refractivity (Wildman–Crippen MR) is 76.9 cm³/mol. The van der Waals surface area contributed by atoms with E-state index in [9.17, 15) is 0 Å². The zero-order valence-electron chi connectivity index (χ0n) is 10.9. The molecule has 0 unspecified atom stereocenters. The summed E-state index contributed by atoms with van der Waals surface area (Å²) < 4.78 is 0. The van der Waals surface area contributed by atoms with Crippen LogP contribution in [0.25, 0.3) is 22.3 Å². The van der Waals surface area contributed by atoms with Crippen LogP contribution in [0, 0.1) is 0 Å². The Morgan fingerprint density at radius 3 is 3.05 bits per heavy atom. The van der Waals surface area contributed by atoms with Crippen LogP contribution in [-0.2, 0) is 6.42 Å². The number of pyridine rings is 1. The van der Waals surface area contributed by atoms with Crippen molar-refractivity contribution in [3.8, 4) is 11.3 Å². The highest BCUT2D eigenvalue weighted by atomic mass is 16.2. The molecular formula is C14H15N5O. The number of aliphatic hydroxyl groups is 1. The average Bonchev–Trinajstić information content (AvgIpc) is 2.88. The van der Waals surface area contributed by atoms with Crippen molar-refractivity contribution in [1.29, 1.82) is 0 Å². The molecule has 6 nitrogen and oxygen atoms in total. The van der Waals surface area contributed by atoms with Crippen molar-refractivity contribution in [1.82, 2.24) is 19.9 Å². The lowest BCUT2D eigenvalue weighted by Crippen LogP contribution is -2.01. The molecule has 0 aliphatic rings. The minimum absolute atomic E-state index is 0.135. The molecule has 0 saturated heterocycles. The van der Waals surface area contributed by atoms with Crippen LogP contribution in [0.5, 0.6) is 0 Å². The van der Waals surface area contributed by atoms with Gasteiger partial charge < -0.3 is 15.8 Å². The van der Waals surface area contributed by atoms with Crippen LogP contribution in [0.2, 0.25) is 0 Å². The van der Waals surface area contributed by atoms with Gasteiger partial charge in [-0.15, -0.1) is 0 Å². The quantitative estimate of drug-likeness (QED) is 0.666. The molecule has 0 aliphatic heterocycles. The summed E-state index contributed by atoms with van der Waals surface area (Å²) in [5.74, 6) is 0.244. The van der Waals surface area contributed by atoms with E-state index < -0.39 is 0 Å². The molecule has 0 radical (unpaired) electrons. The summed E-state index contributed by atoms with van der Waals surface area (Å²) in [5, 5.41) is 9.90. The molecule has 0 saturated carbocycles. The molecule has 0 atom stereocenters. The fraction of sp³-hybridized carbons (Fsp3) is 0.214. The molecule has 0 amide bonds. The molecule has 3 rings (SSSR count). The van der Waals surface area contributed by atoms with Crippen LogP contribution < -0.4 is 5.73 Å². The number of nitrogens with two attached hydrogens (primary N) is 1. The number of hydrogen-bond donors (Lipinski definition) is 3. The van der Waals surface area contributed by atoms with E-state index in [1.807, 2.05) is 24.4 Å². The van der Waals surface area contributed by atoms with Gasteiger partial charge in [0.05, 0.1) is 5.69 Å². The maximum absolute atomic E-state index is 8.90. The molecular weight excluding hydrogens is 254 g/mol. The highest BCUT2D eigenvalue weighted by Gasteiger charge is 2.10. The Morgan fingerprint density at radius 1 is 1.30 bits per heavy atom. The number of fused-ring (bicyclic) bond motifs is 1. The normalized spacial score (nSPS) is 11.1. The molecule has 0 bridgehead atoms. The summed E-state index contributed by atoms with van der Waals surface area (Å²) >= 11 is 0. The molecule has 3 aromatic heterocycles. The number of rotatable bonds is 4. The van der Waals surface area contributed by atoms with Crippen molar-refractivity contribution in [2.45, 2.75) is 12.8 Å². The van der Waals surface area contributed by atoms with Crippen molar-refractivity contribution < 1.29 is 5.11 Å². The third kappa shape index (κ3) is 2.33. The number of aromatic amines is 1. The summed E-state index contributed by atoms with van der Waals surface area (Å²) in [7, 11) is 0. The first kappa shape index (κ1) is 12.6. The highest BCUT2D eigenvalue weighted by Crippen LogP contribution is 2.26. The lowest BCUT2D eigenvalue weighted by Gasteiger charge is -2.04. The lowest BCUT2D eigenvalue weighted by atomic mass is 10.1. The molecule has 3 aromatic rings. The van der Waals surface area contributed by atoms with E-state index >= 15 is 0 Å². The molecule has 3 heterocycles. The van der Waals surface area contributed by atoms with Crippen molar-refractivity contribution >= 4 is 17.0 Å². The van der Waals surface area contributed by atoms with E-state index in [1.165, 1.54) is 0 Å². The van der Waals surface area contributed by atoms with Crippen molar-refractivity contribution in [2.24, 2.45) is 0 Å². The summed E-state index contributed by atoms with van der Waals surface area (Å²) in [4.78, 5) is 15.9. The number of nitrogen functional groups attached to an aromatic ring is 1. The number of nitrogens with zero attached hydrogens (tertiary/aromatic N) is 3. The Hall–Kier alpha value is -2.47. The third-order valence-corrected chi connectivity index (χ3v) is 3.11. The Labute approximate surface area is 115 Å². The maximum atomic E-state index is 8.90. The van der Waals surface area contributed by atoms with E-state index in [1.54, 1.807) is 6.20 Å². The van der Waals surface area contributed by atoms with Crippen LogP contribution in [-0.4, -0.2) is 31.6 Å². The molecule has 6 heteroatoms. The summed E-state index contributed by atoms with van der Waals surface area (Å²) in [5.41, 5.74) is 9.14. The summed E-state index contributed by atoms with van der Waals surface area (Å²) in [6.07, 6.45) is 4.95. The monoisotopic (exact) mass is 269 g/mol. The number of anilines is 1. The predicted octanol–water partition coefficient (Wildman–Crippen LogP) is 1.53. The van der Waals surface area contributed by atoms with Gasteiger partial charge in [0.2, 0.25) is 5.95 Å². The van der Waals surface area contributed by atoms with E-state index in [-0.39, 0.29) is 12.6 Å². The molecule has 20 heavy (non-hydrogen) atoms. The fourth-order valence-electron chi connectivity index (χ4n) is 2.21. The number of nitrogens with one attached hydrogen (secondary N) is 1. The highest BCUT2D eigenvalue weighted by molar-refractivity contribution is 5.92. The first-order chi connectivity index (χ1) is 9.78. The fourth-order valence-corrected chi connectivity index (χ4v) is 2.21. The molecule has 0 aliphatic carbocycles. The van der Waals surface area contributed by atoms with Crippen LogP contribution in [0.15, 0.2) is 30.6 Å². The Morgan fingerprint density at radius 2 is 2.20 bits per heavy atom. The van der Waals surface area contributed by atoms with Gasteiger partial charge in [0.1, 0.15) is 5.65 Å². The van der Waals surface area contributed by atoms with Gasteiger partial charge in [-0.1, -0.05) is 0 Å². The Balaban J connectivity index is 2.07. The van der Waals surface area contributed by atoms with Gasteiger partial charge in [0.25, 0.3) is 0 Å². The molecule has 4 N–H and O–H groups in total. The smallest absolute Gasteiger partial charge is 0.220 e. The van der Waals surface area contributed by atoms with Crippen LogP contribution in [0.1, 0.15) is 12.1 Å². The second-order valence-electron chi connectivity index (χ2n) is 4.53. The molecule has 0 aromatic carbocycles. The first-order valence-electron chi connectivity index (χ1n) is 6.44. The van der Waals surface area contributed by atoms with Gasteiger partial charge in [-0.3, -0.25) is 0 Å². The van der Waals surface area contributed by atoms with Crippen LogP contribution in [0.4, 0.5) is 5.95 Å². The van der Waals surface area contributed by atoms with Crippen molar-refractivity contribution in [2.75, 3.05) is 12.3 Å². The number of aryl methyl sites for hydroxylation is 1. The second-order valence-corrected chi connectivity index (χ2v) is 4.53. The lowest BCUT2D eigenvalue weighted by molar-refractivity contribution is 0.288. The topological polar surface area (TPSA) is 101 Å². The minimum Gasteiger partial charge on any atom is -0.396 e. The standard InChI is InChI=1S/C14H15N5O/c15-14-18-9(3-2-6-20)7-12(19-14)11-8-17-13-10(11)4-1-5-16-13/h1,4-5,7-8,20H,2-3,6H2,(H,16,17)(H2,15,18,19). The summed E-state index contributed by atoms with van der Waals surface area (Å²) in [6, 6.07) is 5.78. The number of aliphatic hydroxyl groups excluding tert-OH is 1. The van der Waals surface area contributed by atoms with Gasteiger partial charge in [0.15, 0.2) is 0 Å². The van der Waals surface area contributed by atoms with Gasteiger partial charge in [-0.25, -0.2) is 15.0 Å². The Kier molecular flexibility index (Phi) is 3.30. The van der Waals surface area contributed by atoms with Crippen molar-refractivity contribution in [3.05, 3.63) is 36.3 Å². The SMILES string of the molecule is Nc1nc(CCCO)cc(-c2c[nH]c3ncccc23)n1. The van der Waals surface area contributed by atoms with Crippen LogP contribution in [0.3, 0.4) is 0 Å². The first-order valence-corrected chi connectivity index (χ1v) is 6.44. The maximum Gasteiger partial charge on any atom is 0.220 e. The van der Waals surface area contributed by atoms with Crippen LogP contribution >= 0.6 is 0 Å². The number of aromatic nitrogens is 4. The zero-order chi connectivity index (χ0) is 13.9. The van der Waals surface area contributed by atoms with E-state index in [4.69, 9.17) is 10.8 Å². The number of hydrogen-bond acceptors (Lipinski definition) is 5. The average molecular weight is 269 g/mol. The van der Waals surface area contributed by atoms with Gasteiger partial charge in [-0.05, 0) is 31.0 Å². The Bertz CT molecular complexity index is 737. The van der Waals surface area contributed by atoms with E-state index in [0.29, 0.717) is 12.8 Å². The molecule has 0 spiro atoms. The largest absolute Gasteiger partial charge is 0.396 e. The van der Waals surface area contributed by atoms with Gasteiger partial charge in [-0.2, -0.15) is 0 Å².